The fraction of sp³-hybridized carbons (Fsp3) is 0.0800. The molecule has 1 aliphatic rings. The van der Waals surface area contributed by atoms with Gasteiger partial charge in [0.05, 0.1) is 10.5 Å². The maximum atomic E-state index is 12.8. The molecule has 1 aliphatic heterocycles. The van der Waals surface area contributed by atoms with Crippen molar-refractivity contribution in [3.05, 3.63) is 90.8 Å². The van der Waals surface area contributed by atoms with Gasteiger partial charge in [0.2, 0.25) is 0 Å². The highest BCUT2D eigenvalue weighted by Gasteiger charge is 2.19. The third kappa shape index (κ3) is 5.07. The molecule has 0 spiro atoms. The molecular weight excluding hydrogens is 468 g/mol. The summed E-state index contributed by atoms with van der Waals surface area (Å²) in [6, 6.07) is 20.2. The number of nitrogens with zero attached hydrogens (tertiary/aromatic N) is 2. The summed E-state index contributed by atoms with van der Waals surface area (Å²) in [4.78, 5) is 21.1. The number of benzene rings is 3. The van der Waals surface area contributed by atoms with E-state index < -0.39 is 10.0 Å². The van der Waals surface area contributed by atoms with E-state index in [1.54, 1.807) is 30.3 Å². The Hall–Kier alpha value is -4.44. The summed E-state index contributed by atoms with van der Waals surface area (Å²) >= 11 is 0. The third-order valence-corrected chi connectivity index (χ3v) is 6.54. The van der Waals surface area contributed by atoms with Crippen molar-refractivity contribution < 1.29 is 22.7 Å². The molecule has 5 rings (SSSR count). The van der Waals surface area contributed by atoms with E-state index in [-0.39, 0.29) is 10.8 Å². The molecule has 0 unspecified atom stereocenters. The SMILES string of the molecule is O=C(Nc1ccc(NS(=O)(=O)c2ccc3c(c2)OCCO3)cc1)c1cnc(-c2ccccc2)nc1. The van der Waals surface area contributed by atoms with Crippen LogP contribution in [0.4, 0.5) is 11.4 Å². The smallest absolute Gasteiger partial charge is 0.262 e. The zero-order valence-electron chi connectivity index (χ0n) is 18.3. The molecule has 0 radical (unpaired) electrons. The number of ether oxygens (including phenoxy) is 2. The summed E-state index contributed by atoms with van der Waals surface area (Å²) in [7, 11) is -3.84. The van der Waals surface area contributed by atoms with Crippen LogP contribution in [0.5, 0.6) is 11.5 Å². The Morgan fingerprint density at radius 3 is 2.17 bits per heavy atom. The van der Waals surface area contributed by atoms with Crippen LogP contribution in [0.2, 0.25) is 0 Å². The van der Waals surface area contributed by atoms with Gasteiger partial charge in [0.15, 0.2) is 17.3 Å². The van der Waals surface area contributed by atoms with Gasteiger partial charge in [-0.2, -0.15) is 0 Å². The third-order valence-electron chi connectivity index (χ3n) is 5.16. The standard InChI is InChI=1S/C25H20N4O5S/c30-25(18-15-26-24(27-16-18)17-4-2-1-3-5-17)28-19-6-8-20(9-7-19)29-35(31,32)21-10-11-22-23(14-21)34-13-12-33-22/h1-11,14-16,29H,12-13H2,(H,28,30). The molecule has 0 bridgehead atoms. The summed E-state index contributed by atoms with van der Waals surface area (Å²) in [5, 5.41) is 2.75. The number of hydrogen-bond donors (Lipinski definition) is 2. The molecule has 3 aromatic carbocycles. The minimum Gasteiger partial charge on any atom is -0.486 e. The van der Waals surface area contributed by atoms with Crippen molar-refractivity contribution in [2.75, 3.05) is 23.3 Å². The number of nitrogens with one attached hydrogen (secondary N) is 2. The fourth-order valence-electron chi connectivity index (χ4n) is 3.41. The van der Waals surface area contributed by atoms with Gasteiger partial charge in [-0.1, -0.05) is 30.3 Å². The minimum atomic E-state index is -3.84. The van der Waals surface area contributed by atoms with Gasteiger partial charge in [0.1, 0.15) is 13.2 Å². The molecule has 10 heteroatoms. The largest absolute Gasteiger partial charge is 0.486 e. The number of fused-ring (bicyclic) bond motifs is 1. The van der Waals surface area contributed by atoms with E-state index in [4.69, 9.17) is 9.47 Å². The highest BCUT2D eigenvalue weighted by molar-refractivity contribution is 7.92. The summed E-state index contributed by atoms with van der Waals surface area (Å²) < 4.78 is 39.0. The van der Waals surface area contributed by atoms with Gasteiger partial charge in [0, 0.05) is 35.4 Å². The quantitative estimate of drug-likeness (QED) is 0.421. The van der Waals surface area contributed by atoms with Crippen molar-refractivity contribution in [2.24, 2.45) is 0 Å². The van der Waals surface area contributed by atoms with Gasteiger partial charge in [-0.3, -0.25) is 9.52 Å². The number of aromatic nitrogens is 2. The van der Waals surface area contributed by atoms with Crippen LogP contribution in [-0.2, 0) is 10.0 Å². The lowest BCUT2D eigenvalue weighted by molar-refractivity contribution is 0.102. The number of rotatable bonds is 6. The number of carbonyl (C=O) groups is 1. The topological polar surface area (TPSA) is 120 Å². The highest BCUT2D eigenvalue weighted by atomic mass is 32.2. The van der Waals surface area contributed by atoms with Gasteiger partial charge in [-0.05, 0) is 36.4 Å². The van der Waals surface area contributed by atoms with E-state index in [2.05, 4.69) is 20.0 Å². The maximum absolute atomic E-state index is 12.8. The lowest BCUT2D eigenvalue weighted by Crippen LogP contribution is -2.17. The zero-order chi connectivity index (χ0) is 24.3. The van der Waals surface area contributed by atoms with Gasteiger partial charge in [0.25, 0.3) is 15.9 Å². The molecule has 0 fully saturated rings. The van der Waals surface area contributed by atoms with Crippen LogP contribution in [-0.4, -0.2) is 37.5 Å². The van der Waals surface area contributed by atoms with Crippen LogP contribution < -0.4 is 19.5 Å². The Kier molecular flexibility index (Phi) is 6.02. The summed E-state index contributed by atoms with van der Waals surface area (Å²) in [6.45, 7) is 0.784. The van der Waals surface area contributed by atoms with Gasteiger partial charge < -0.3 is 14.8 Å². The lowest BCUT2D eigenvalue weighted by Gasteiger charge is -2.19. The molecule has 176 valence electrons. The van der Waals surface area contributed by atoms with Crippen molar-refractivity contribution in [1.29, 1.82) is 0 Å². The molecule has 1 amide bonds. The van der Waals surface area contributed by atoms with Crippen molar-refractivity contribution in [1.82, 2.24) is 9.97 Å². The van der Waals surface area contributed by atoms with Gasteiger partial charge in [-0.15, -0.1) is 0 Å². The number of carbonyl (C=O) groups excluding carboxylic acids is 1. The predicted molar refractivity (Wildman–Crippen MR) is 130 cm³/mol. The van der Waals surface area contributed by atoms with Crippen molar-refractivity contribution in [3.8, 4) is 22.9 Å². The second kappa shape index (κ2) is 9.43. The van der Waals surface area contributed by atoms with Crippen LogP contribution in [0.3, 0.4) is 0 Å². The van der Waals surface area contributed by atoms with E-state index in [0.717, 1.165) is 5.56 Å². The monoisotopic (exact) mass is 488 g/mol. The van der Waals surface area contributed by atoms with E-state index in [9.17, 15) is 13.2 Å². The number of hydrogen-bond acceptors (Lipinski definition) is 7. The Labute approximate surface area is 201 Å². The molecule has 9 nitrogen and oxygen atoms in total. The second-order valence-electron chi connectivity index (χ2n) is 7.60. The molecule has 0 saturated heterocycles. The summed E-state index contributed by atoms with van der Waals surface area (Å²) in [5.41, 5.74) is 1.99. The second-order valence-corrected chi connectivity index (χ2v) is 9.29. The van der Waals surface area contributed by atoms with E-state index in [0.29, 0.717) is 47.5 Å². The Bertz CT molecular complexity index is 1460. The van der Waals surface area contributed by atoms with E-state index in [1.807, 2.05) is 30.3 Å². The van der Waals surface area contributed by atoms with Crippen molar-refractivity contribution >= 4 is 27.3 Å². The molecule has 2 heterocycles. The maximum Gasteiger partial charge on any atom is 0.262 e. The Morgan fingerprint density at radius 2 is 1.46 bits per heavy atom. The lowest BCUT2D eigenvalue weighted by atomic mass is 10.2. The summed E-state index contributed by atoms with van der Waals surface area (Å²) in [5.74, 6) is 1.04. The van der Waals surface area contributed by atoms with Crippen LogP contribution >= 0.6 is 0 Å². The fourth-order valence-corrected chi connectivity index (χ4v) is 4.48. The van der Waals surface area contributed by atoms with Crippen LogP contribution in [0.1, 0.15) is 10.4 Å². The van der Waals surface area contributed by atoms with Crippen LogP contribution in [0.15, 0.2) is 90.1 Å². The molecule has 35 heavy (non-hydrogen) atoms. The van der Waals surface area contributed by atoms with Gasteiger partial charge in [-0.25, -0.2) is 18.4 Å². The molecule has 0 atom stereocenters. The molecule has 0 saturated carbocycles. The van der Waals surface area contributed by atoms with Crippen molar-refractivity contribution in [2.45, 2.75) is 4.90 Å². The zero-order valence-corrected chi connectivity index (χ0v) is 19.2. The van der Waals surface area contributed by atoms with Crippen LogP contribution in [0.25, 0.3) is 11.4 Å². The summed E-state index contributed by atoms with van der Waals surface area (Å²) in [6.07, 6.45) is 2.92. The van der Waals surface area contributed by atoms with Crippen molar-refractivity contribution in [3.63, 3.8) is 0 Å². The number of amides is 1. The van der Waals surface area contributed by atoms with Crippen LogP contribution in [0, 0.1) is 0 Å². The molecule has 0 aliphatic carbocycles. The normalized spacial score (nSPS) is 12.6. The molecule has 1 aromatic heterocycles. The molecule has 4 aromatic rings. The predicted octanol–water partition coefficient (Wildman–Crippen LogP) is 3.97. The first kappa shape index (κ1) is 22.4. The Balaban J connectivity index is 1.24. The average Bonchev–Trinajstić information content (AvgIpc) is 2.90. The first-order valence-electron chi connectivity index (χ1n) is 10.7. The first-order chi connectivity index (χ1) is 17.0. The average molecular weight is 489 g/mol. The highest BCUT2D eigenvalue weighted by Crippen LogP contribution is 2.32. The van der Waals surface area contributed by atoms with E-state index in [1.165, 1.54) is 24.5 Å². The molecule has 2 N–H and O–H groups in total. The number of anilines is 2. The van der Waals surface area contributed by atoms with E-state index >= 15 is 0 Å². The number of sulfonamides is 1. The van der Waals surface area contributed by atoms with Gasteiger partial charge >= 0.3 is 0 Å². The Morgan fingerprint density at radius 1 is 0.800 bits per heavy atom. The molecular formula is C25H20N4O5S. The minimum absolute atomic E-state index is 0.0538. The first-order valence-corrected chi connectivity index (χ1v) is 12.2.